The Hall–Kier alpha value is -2.84. The van der Waals surface area contributed by atoms with Crippen LogP contribution < -0.4 is 16.0 Å². The number of hydrogen-bond donors (Lipinski definition) is 4. The van der Waals surface area contributed by atoms with Crippen molar-refractivity contribution >= 4 is 23.9 Å². The first-order valence-electron chi connectivity index (χ1n) is 13.5. The SMILES string of the molecule is C=CCCC(CCCCCCC)OC(=O)NC(CC(C)C)C(=O)NC(CC(CC=C)C(=O)NC)C(=O)O. The van der Waals surface area contributed by atoms with Crippen LogP contribution in [-0.2, 0) is 19.1 Å². The van der Waals surface area contributed by atoms with Crippen LogP contribution in [0, 0.1) is 11.8 Å². The van der Waals surface area contributed by atoms with E-state index in [2.05, 4.69) is 36.0 Å². The van der Waals surface area contributed by atoms with E-state index < -0.39 is 36.0 Å². The van der Waals surface area contributed by atoms with Crippen LogP contribution in [0.5, 0.6) is 0 Å². The van der Waals surface area contributed by atoms with Gasteiger partial charge < -0.3 is 25.8 Å². The molecule has 4 unspecified atom stereocenters. The first-order chi connectivity index (χ1) is 17.6. The molecule has 0 spiro atoms. The highest BCUT2D eigenvalue weighted by Gasteiger charge is 2.31. The van der Waals surface area contributed by atoms with E-state index in [4.69, 9.17) is 4.74 Å². The number of allylic oxidation sites excluding steroid dienone is 2. The van der Waals surface area contributed by atoms with Crippen molar-refractivity contribution in [3.63, 3.8) is 0 Å². The smallest absolute Gasteiger partial charge is 0.408 e. The highest BCUT2D eigenvalue weighted by molar-refractivity contribution is 5.89. The molecule has 0 aromatic heterocycles. The largest absolute Gasteiger partial charge is 0.480 e. The number of carbonyl (C=O) groups is 4. The van der Waals surface area contributed by atoms with Gasteiger partial charge in [0.05, 0.1) is 0 Å². The molecule has 4 N–H and O–H groups in total. The third kappa shape index (κ3) is 15.8. The van der Waals surface area contributed by atoms with Crippen LogP contribution in [0.25, 0.3) is 0 Å². The molecule has 0 saturated heterocycles. The monoisotopic (exact) mass is 523 g/mol. The van der Waals surface area contributed by atoms with Crippen LogP contribution in [0.4, 0.5) is 4.79 Å². The molecule has 0 rings (SSSR count). The summed E-state index contributed by atoms with van der Waals surface area (Å²) >= 11 is 0. The van der Waals surface area contributed by atoms with E-state index in [0.29, 0.717) is 19.3 Å². The predicted octanol–water partition coefficient (Wildman–Crippen LogP) is 4.72. The van der Waals surface area contributed by atoms with Crippen LogP contribution in [0.2, 0.25) is 0 Å². The third-order valence-corrected chi connectivity index (χ3v) is 6.11. The van der Waals surface area contributed by atoms with Crippen LogP contribution in [0.3, 0.4) is 0 Å². The van der Waals surface area contributed by atoms with Crippen molar-refractivity contribution in [2.45, 2.75) is 110 Å². The Bertz CT molecular complexity index is 725. The van der Waals surface area contributed by atoms with E-state index in [9.17, 15) is 24.3 Å². The number of hydrogen-bond acceptors (Lipinski definition) is 5. The maximum Gasteiger partial charge on any atom is 0.408 e. The van der Waals surface area contributed by atoms with Crippen molar-refractivity contribution in [1.82, 2.24) is 16.0 Å². The third-order valence-electron chi connectivity index (χ3n) is 6.11. The first kappa shape index (κ1) is 34.2. The van der Waals surface area contributed by atoms with E-state index in [1.54, 1.807) is 6.08 Å². The second-order valence-electron chi connectivity index (χ2n) is 9.89. The lowest BCUT2D eigenvalue weighted by molar-refractivity contribution is -0.143. The number of aliphatic carboxylic acids is 1. The van der Waals surface area contributed by atoms with Gasteiger partial charge in [0.1, 0.15) is 18.2 Å². The minimum Gasteiger partial charge on any atom is -0.480 e. The zero-order chi connectivity index (χ0) is 28.2. The normalized spacial score (nSPS) is 14.1. The fourth-order valence-electron chi connectivity index (χ4n) is 4.07. The van der Waals surface area contributed by atoms with Crippen LogP contribution in [0.15, 0.2) is 25.3 Å². The van der Waals surface area contributed by atoms with Crippen LogP contribution in [-0.4, -0.2) is 54.2 Å². The summed E-state index contributed by atoms with van der Waals surface area (Å²) in [7, 11) is 1.47. The summed E-state index contributed by atoms with van der Waals surface area (Å²) in [6, 6.07) is -2.28. The summed E-state index contributed by atoms with van der Waals surface area (Å²) in [4.78, 5) is 49.8. The van der Waals surface area contributed by atoms with Crippen LogP contribution >= 0.6 is 0 Å². The number of ether oxygens (including phenoxy) is 1. The Morgan fingerprint density at radius 1 is 0.892 bits per heavy atom. The number of carboxylic acid groups (broad SMARTS) is 1. The average molecular weight is 524 g/mol. The van der Waals surface area contributed by atoms with Gasteiger partial charge in [-0.15, -0.1) is 13.2 Å². The van der Waals surface area contributed by atoms with E-state index >= 15 is 0 Å². The molecule has 0 aromatic carbocycles. The van der Waals surface area contributed by atoms with E-state index in [1.807, 2.05) is 13.8 Å². The van der Waals surface area contributed by atoms with Crippen molar-refractivity contribution in [1.29, 1.82) is 0 Å². The molecule has 9 heteroatoms. The van der Waals surface area contributed by atoms with Crippen molar-refractivity contribution in [2.75, 3.05) is 7.05 Å². The Kier molecular flexibility index (Phi) is 18.7. The number of amides is 3. The van der Waals surface area contributed by atoms with Gasteiger partial charge in [-0.3, -0.25) is 9.59 Å². The summed E-state index contributed by atoms with van der Waals surface area (Å²) in [5.41, 5.74) is 0. The van der Waals surface area contributed by atoms with E-state index in [-0.39, 0.29) is 30.8 Å². The molecule has 0 fully saturated rings. The topological polar surface area (TPSA) is 134 Å². The molecule has 0 aromatic rings. The fourth-order valence-corrected chi connectivity index (χ4v) is 4.07. The van der Waals surface area contributed by atoms with Gasteiger partial charge in [0.25, 0.3) is 0 Å². The summed E-state index contributed by atoms with van der Waals surface area (Å²) in [5.74, 6) is -2.83. The van der Waals surface area contributed by atoms with Gasteiger partial charge in [-0.05, 0) is 50.9 Å². The minimum absolute atomic E-state index is 0.0499. The molecule has 4 atom stereocenters. The average Bonchev–Trinajstić information content (AvgIpc) is 2.84. The molecule has 0 radical (unpaired) electrons. The standard InChI is InChI=1S/C28H49N3O6/c1-7-10-12-13-14-17-22(16-11-8-2)37-28(36)31-23(18-20(4)5)26(33)30-24(27(34)35)19-21(15-9-3)25(32)29-6/h8-9,20-24H,2-3,7,10-19H2,1,4-6H3,(H,29,32)(H,30,33)(H,31,36)(H,34,35). The number of alkyl carbamates (subject to hydrolysis) is 1. The molecule has 0 aliphatic heterocycles. The predicted molar refractivity (Wildman–Crippen MR) is 146 cm³/mol. The zero-order valence-electron chi connectivity index (χ0n) is 23.2. The molecule has 3 amide bonds. The van der Waals surface area contributed by atoms with Gasteiger partial charge >= 0.3 is 12.1 Å². The first-order valence-corrected chi connectivity index (χ1v) is 13.5. The lowest BCUT2D eigenvalue weighted by Crippen LogP contribution is -2.53. The Morgan fingerprint density at radius 3 is 2.11 bits per heavy atom. The summed E-state index contributed by atoms with van der Waals surface area (Å²) in [6.07, 6.45) is 10.4. The Morgan fingerprint density at radius 2 is 1.57 bits per heavy atom. The number of unbranched alkanes of at least 4 members (excludes halogenated alkanes) is 4. The maximum absolute atomic E-state index is 13.1. The highest BCUT2D eigenvalue weighted by atomic mass is 16.6. The van der Waals surface area contributed by atoms with Crippen molar-refractivity contribution < 1.29 is 29.0 Å². The number of carbonyl (C=O) groups excluding carboxylic acids is 3. The van der Waals surface area contributed by atoms with Crippen molar-refractivity contribution in [2.24, 2.45) is 11.8 Å². The van der Waals surface area contributed by atoms with Crippen molar-refractivity contribution in [3.8, 4) is 0 Å². The quantitative estimate of drug-likeness (QED) is 0.127. The molecule has 0 saturated carbocycles. The number of nitrogens with one attached hydrogen (secondary N) is 3. The molecular formula is C28H49N3O6. The van der Waals surface area contributed by atoms with E-state index in [0.717, 1.165) is 32.1 Å². The van der Waals surface area contributed by atoms with Gasteiger partial charge in [-0.25, -0.2) is 9.59 Å². The second kappa shape index (κ2) is 20.2. The molecule has 9 nitrogen and oxygen atoms in total. The van der Waals surface area contributed by atoms with Crippen LogP contribution in [0.1, 0.15) is 91.4 Å². The molecule has 0 heterocycles. The second-order valence-corrected chi connectivity index (χ2v) is 9.89. The van der Waals surface area contributed by atoms with Gasteiger partial charge in [0.2, 0.25) is 11.8 Å². The van der Waals surface area contributed by atoms with Gasteiger partial charge in [-0.1, -0.05) is 58.6 Å². The molecule has 0 bridgehead atoms. The fraction of sp³-hybridized carbons (Fsp3) is 0.714. The summed E-state index contributed by atoms with van der Waals surface area (Å²) < 4.78 is 5.66. The zero-order valence-corrected chi connectivity index (χ0v) is 23.2. The molecule has 0 aliphatic rings. The number of rotatable bonds is 21. The lowest BCUT2D eigenvalue weighted by atomic mass is 9.95. The molecule has 37 heavy (non-hydrogen) atoms. The van der Waals surface area contributed by atoms with E-state index in [1.165, 1.54) is 19.5 Å². The minimum atomic E-state index is -1.30. The Balaban J connectivity index is 5.31. The van der Waals surface area contributed by atoms with Gasteiger partial charge in [0.15, 0.2) is 0 Å². The van der Waals surface area contributed by atoms with Gasteiger partial charge in [-0.2, -0.15) is 0 Å². The molecule has 212 valence electrons. The molecular weight excluding hydrogens is 474 g/mol. The number of carboxylic acids is 1. The Labute approximate surface area is 222 Å². The van der Waals surface area contributed by atoms with Crippen molar-refractivity contribution in [3.05, 3.63) is 25.3 Å². The summed E-state index contributed by atoms with van der Waals surface area (Å²) in [5, 5.41) is 17.3. The molecule has 0 aliphatic carbocycles. The summed E-state index contributed by atoms with van der Waals surface area (Å²) in [6.45, 7) is 13.3. The van der Waals surface area contributed by atoms with Gasteiger partial charge in [0, 0.05) is 13.0 Å². The maximum atomic E-state index is 13.1. The lowest BCUT2D eigenvalue weighted by Gasteiger charge is -2.25. The highest BCUT2D eigenvalue weighted by Crippen LogP contribution is 2.16.